The lowest BCUT2D eigenvalue weighted by molar-refractivity contribution is -0.124. The van der Waals surface area contributed by atoms with Gasteiger partial charge in [-0.3, -0.25) is 14.5 Å². The Morgan fingerprint density at radius 2 is 1.53 bits per heavy atom. The van der Waals surface area contributed by atoms with Crippen LogP contribution < -0.4 is 0 Å². The molecule has 0 N–H and O–H groups in total. The molecule has 2 saturated heterocycles. The Kier molecular flexibility index (Phi) is 7.07. The van der Waals surface area contributed by atoms with Gasteiger partial charge in [0, 0.05) is 38.3 Å². The SMILES string of the molecule is CCN1CCN(C(=O)c2cccc(CN3CCC(C(C)=O)(c4ccccc4)CC3)c2)CC1. The number of carbonyl (C=O) groups is 2. The van der Waals surface area contributed by atoms with Crippen molar-refractivity contribution in [3.8, 4) is 0 Å². The maximum absolute atomic E-state index is 13.0. The number of Topliss-reactive ketones (excluding diaryl/α,β-unsaturated/α-hetero) is 1. The monoisotopic (exact) mass is 433 g/mol. The van der Waals surface area contributed by atoms with Gasteiger partial charge >= 0.3 is 0 Å². The lowest BCUT2D eigenvalue weighted by Gasteiger charge is -2.40. The second kappa shape index (κ2) is 9.97. The summed E-state index contributed by atoms with van der Waals surface area (Å²) in [4.78, 5) is 32.4. The third kappa shape index (κ3) is 4.79. The molecule has 0 aliphatic carbocycles. The van der Waals surface area contributed by atoms with Crippen LogP contribution in [0.5, 0.6) is 0 Å². The van der Waals surface area contributed by atoms with Crippen molar-refractivity contribution in [2.45, 2.75) is 38.6 Å². The minimum Gasteiger partial charge on any atom is -0.336 e. The minimum absolute atomic E-state index is 0.140. The van der Waals surface area contributed by atoms with Gasteiger partial charge in [0.05, 0.1) is 5.41 Å². The van der Waals surface area contributed by atoms with Gasteiger partial charge in [0.25, 0.3) is 5.91 Å². The third-order valence-corrected chi connectivity index (χ3v) is 7.40. The van der Waals surface area contributed by atoms with Gasteiger partial charge < -0.3 is 9.80 Å². The fourth-order valence-electron chi connectivity index (χ4n) is 5.20. The minimum atomic E-state index is -0.365. The highest BCUT2D eigenvalue weighted by atomic mass is 16.2. The molecule has 0 spiro atoms. The molecular formula is C27H35N3O2. The van der Waals surface area contributed by atoms with Crippen LogP contribution in [-0.2, 0) is 16.8 Å². The predicted octanol–water partition coefficient (Wildman–Crippen LogP) is 3.59. The third-order valence-electron chi connectivity index (χ3n) is 7.40. The Bertz CT molecular complexity index is 927. The van der Waals surface area contributed by atoms with Gasteiger partial charge in [-0.1, -0.05) is 49.4 Å². The maximum Gasteiger partial charge on any atom is 0.253 e. The Labute approximate surface area is 192 Å². The number of nitrogens with zero attached hydrogens (tertiary/aromatic N) is 3. The number of carbonyl (C=O) groups excluding carboxylic acids is 2. The van der Waals surface area contributed by atoms with E-state index in [1.165, 1.54) is 0 Å². The van der Waals surface area contributed by atoms with Gasteiger partial charge in [0.15, 0.2) is 0 Å². The molecule has 2 aromatic carbocycles. The first-order chi connectivity index (χ1) is 15.5. The molecule has 5 heteroatoms. The van der Waals surface area contributed by atoms with Crippen LogP contribution in [0.1, 0.15) is 48.2 Å². The van der Waals surface area contributed by atoms with Crippen LogP contribution in [0.15, 0.2) is 54.6 Å². The molecule has 2 aromatic rings. The lowest BCUT2D eigenvalue weighted by atomic mass is 9.70. The summed E-state index contributed by atoms with van der Waals surface area (Å²) in [6.45, 7) is 11.0. The predicted molar refractivity (Wildman–Crippen MR) is 128 cm³/mol. The molecule has 0 saturated carbocycles. The maximum atomic E-state index is 13.0. The van der Waals surface area contributed by atoms with Crippen LogP contribution in [-0.4, -0.2) is 72.2 Å². The molecule has 0 radical (unpaired) electrons. The van der Waals surface area contributed by atoms with E-state index < -0.39 is 0 Å². The van der Waals surface area contributed by atoms with E-state index in [-0.39, 0.29) is 17.1 Å². The van der Waals surface area contributed by atoms with Crippen LogP contribution in [0.3, 0.4) is 0 Å². The zero-order chi connectivity index (χ0) is 22.6. The molecule has 4 rings (SSSR count). The molecule has 5 nitrogen and oxygen atoms in total. The van der Waals surface area contributed by atoms with Crippen molar-refractivity contribution in [2.75, 3.05) is 45.8 Å². The van der Waals surface area contributed by atoms with Gasteiger partial charge in [-0.15, -0.1) is 0 Å². The van der Waals surface area contributed by atoms with Crippen LogP contribution in [0, 0.1) is 0 Å². The second-order valence-electron chi connectivity index (χ2n) is 9.21. The normalized spacial score (nSPS) is 19.6. The van der Waals surface area contributed by atoms with E-state index in [4.69, 9.17) is 0 Å². The van der Waals surface area contributed by atoms with E-state index in [1.54, 1.807) is 6.92 Å². The van der Waals surface area contributed by atoms with E-state index in [1.807, 2.05) is 35.2 Å². The van der Waals surface area contributed by atoms with E-state index in [9.17, 15) is 9.59 Å². The van der Waals surface area contributed by atoms with E-state index in [0.29, 0.717) is 0 Å². The first kappa shape index (κ1) is 22.7. The molecule has 170 valence electrons. The van der Waals surface area contributed by atoms with Crippen molar-refractivity contribution in [3.05, 3.63) is 71.3 Å². The van der Waals surface area contributed by atoms with Gasteiger partial charge in [0.1, 0.15) is 5.78 Å². The van der Waals surface area contributed by atoms with E-state index >= 15 is 0 Å². The molecule has 2 fully saturated rings. The van der Waals surface area contributed by atoms with Gasteiger partial charge in [-0.2, -0.15) is 0 Å². The summed E-state index contributed by atoms with van der Waals surface area (Å²) in [7, 11) is 0. The Hall–Kier alpha value is -2.50. The fraction of sp³-hybridized carbons (Fsp3) is 0.481. The van der Waals surface area contributed by atoms with Crippen molar-refractivity contribution in [1.29, 1.82) is 0 Å². The average Bonchev–Trinajstić information content (AvgIpc) is 2.85. The molecule has 1 amide bonds. The standard InChI is InChI=1S/C27H35N3O2/c1-3-28-16-18-30(19-17-28)26(32)24-9-7-8-23(20-24)21-29-14-12-27(13-15-29,22(2)31)25-10-5-4-6-11-25/h4-11,20H,3,12-19,21H2,1-2H3. The van der Waals surface area contributed by atoms with Crippen LogP contribution in [0.25, 0.3) is 0 Å². The van der Waals surface area contributed by atoms with Gasteiger partial charge in [-0.05, 0) is 62.7 Å². The summed E-state index contributed by atoms with van der Waals surface area (Å²) in [6.07, 6.45) is 1.68. The highest BCUT2D eigenvalue weighted by Gasteiger charge is 2.40. The summed E-state index contributed by atoms with van der Waals surface area (Å²) in [5.41, 5.74) is 2.73. The second-order valence-corrected chi connectivity index (χ2v) is 9.21. The summed E-state index contributed by atoms with van der Waals surface area (Å²) in [5.74, 6) is 0.403. The van der Waals surface area contributed by atoms with Crippen LogP contribution in [0.4, 0.5) is 0 Å². The number of ketones is 1. The van der Waals surface area contributed by atoms with Gasteiger partial charge in [-0.25, -0.2) is 0 Å². The van der Waals surface area contributed by atoms with Crippen molar-refractivity contribution < 1.29 is 9.59 Å². The van der Waals surface area contributed by atoms with E-state index in [0.717, 1.165) is 81.9 Å². The zero-order valence-electron chi connectivity index (χ0n) is 19.4. The van der Waals surface area contributed by atoms with Crippen molar-refractivity contribution in [3.63, 3.8) is 0 Å². The highest BCUT2D eigenvalue weighted by molar-refractivity contribution is 5.94. The van der Waals surface area contributed by atoms with Crippen molar-refractivity contribution in [1.82, 2.24) is 14.7 Å². The number of piperidine rings is 1. The number of hydrogen-bond donors (Lipinski definition) is 0. The van der Waals surface area contributed by atoms with Crippen molar-refractivity contribution >= 4 is 11.7 Å². The molecule has 2 aliphatic rings. The fourth-order valence-corrected chi connectivity index (χ4v) is 5.20. The van der Waals surface area contributed by atoms with E-state index in [2.05, 4.69) is 41.0 Å². The lowest BCUT2D eigenvalue weighted by Crippen LogP contribution is -2.48. The van der Waals surface area contributed by atoms with Crippen LogP contribution >= 0.6 is 0 Å². The molecule has 2 aliphatic heterocycles. The summed E-state index contributed by atoms with van der Waals surface area (Å²) in [6, 6.07) is 18.3. The molecule has 32 heavy (non-hydrogen) atoms. The van der Waals surface area contributed by atoms with Gasteiger partial charge in [0.2, 0.25) is 0 Å². The number of hydrogen-bond acceptors (Lipinski definition) is 4. The first-order valence-corrected chi connectivity index (χ1v) is 11.9. The number of amides is 1. The molecule has 0 atom stereocenters. The summed E-state index contributed by atoms with van der Waals surface area (Å²) >= 11 is 0. The number of likely N-dealkylation sites (N-methyl/N-ethyl adjacent to an activating group) is 1. The zero-order valence-corrected chi connectivity index (χ0v) is 19.4. The topological polar surface area (TPSA) is 43.9 Å². The molecule has 2 heterocycles. The van der Waals surface area contributed by atoms with Crippen LogP contribution in [0.2, 0.25) is 0 Å². The Morgan fingerprint density at radius 1 is 0.844 bits per heavy atom. The number of benzene rings is 2. The summed E-state index contributed by atoms with van der Waals surface area (Å²) < 4.78 is 0. The average molecular weight is 434 g/mol. The molecular weight excluding hydrogens is 398 g/mol. The Balaban J connectivity index is 1.39. The summed E-state index contributed by atoms with van der Waals surface area (Å²) in [5, 5.41) is 0. The molecule has 0 unspecified atom stereocenters. The number of likely N-dealkylation sites (tertiary alicyclic amines) is 1. The largest absolute Gasteiger partial charge is 0.336 e. The van der Waals surface area contributed by atoms with Crippen molar-refractivity contribution in [2.24, 2.45) is 0 Å². The number of rotatable bonds is 6. The highest BCUT2D eigenvalue weighted by Crippen LogP contribution is 2.36. The first-order valence-electron chi connectivity index (χ1n) is 11.9. The molecule has 0 aromatic heterocycles. The number of piperazine rings is 1. The quantitative estimate of drug-likeness (QED) is 0.698. The Morgan fingerprint density at radius 3 is 2.16 bits per heavy atom. The molecule has 0 bridgehead atoms. The smallest absolute Gasteiger partial charge is 0.253 e.